The van der Waals surface area contributed by atoms with Gasteiger partial charge in [-0.05, 0) is 22.8 Å². The van der Waals surface area contributed by atoms with E-state index in [-0.39, 0.29) is 16.3 Å². The maximum absolute atomic E-state index is 10.9. The number of fused-ring (bicyclic) bond motifs is 3. The van der Waals surface area contributed by atoms with Gasteiger partial charge in [0, 0.05) is 11.6 Å². The third-order valence-corrected chi connectivity index (χ3v) is 3.52. The average Bonchev–Trinajstić information content (AvgIpc) is 2.72. The molecule has 0 spiro atoms. The van der Waals surface area contributed by atoms with Crippen molar-refractivity contribution >= 4 is 30.0 Å². The predicted octanol–water partition coefficient (Wildman–Crippen LogP) is 2.92. The molecule has 1 aromatic carbocycles. The molecular formula is C13H8N2O2S. The van der Waals surface area contributed by atoms with E-state index in [0.717, 1.165) is 16.7 Å². The summed E-state index contributed by atoms with van der Waals surface area (Å²) < 4.78 is 0. The van der Waals surface area contributed by atoms with Crippen molar-refractivity contribution in [2.75, 3.05) is 0 Å². The van der Waals surface area contributed by atoms with Gasteiger partial charge in [0.15, 0.2) is 0 Å². The normalized spacial score (nSPS) is 17.1. The van der Waals surface area contributed by atoms with Crippen LogP contribution in [0.5, 0.6) is 0 Å². The van der Waals surface area contributed by atoms with Gasteiger partial charge in [0.1, 0.15) is 4.91 Å². The summed E-state index contributed by atoms with van der Waals surface area (Å²) in [6.45, 7) is 0. The van der Waals surface area contributed by atoms with Gasteiger partial charge in [-0.25, -0.2) is 0 Å². The van der Waals surface area contributed by atoms with Gasteiger partial charge in [-0.15, -0.1) is 12.6 Å². The molecular weight excluding hydrogens is 248 g/mol. The summed E-state index contributed by atoms with van der Waals surface area (Å²) in [5.41, 5.74) is 3.34. The van der Waals surface area contributed by atoms with Crippen molar-refractivity contribution < 1.29 is 4.92 Å². The van der Waals surface area contributed by atoms with E-state index in [1.54, 1.807) is 0 Å². The Morgan fingerprint density at radius 3 is 2.61 bits per heavy atom. The number of rotatable bonds is 1. The Balaban J connectivity index is 2.26. The van der Waals surface area contributed by atoms with E-state index in [9.17, 15) is 10.1 Å². The Bertz CT molecular complexity index is 699. The average molecular weight is 256 g/mol. The molecule has 1 N–H and O–H groups in total. The minimum absolute atomic E-state index is 0.110. The molecule has 4 nitrogen and oxygen atoms in total. The molecule has 0 bridgehead atoms. The van der Waals surface area contributed by atoms with Gasteiger partial charge >= 0.3 is 0 Å². The van der Waals surface area contributed by atoms with Gasteiger partial charge in [-0.3, -0.25) is 15.5 Å². The van der Waals surface area contributed by atoms with Crippen molar-refractivity contribution in [3.8, 4) is 0 Å². The summed E-state index contributed by atoms with van der Waals surface area (Å²) in [7, 11) is 0. The lowest BCUT2D eigenvalue weighted by molar-refractivity contribution is -0.419. The first-order chi connectivity index (χ1) is 8.59. The van der Waals surface area contributed by atoms with E-state index < -0.39 is 4.92 Å². The molecule has 0 fully saturated rings. The van der Waals surface area contributed by atoms with Crippen LogP contribution in [0.15, 0.2) is 46.5 Å². The van der Waals surface area contributed by atoms with Crippen LogP contribution in [0, 0.1) is 15.5 Å². The van der Waals surface area contributed by atoms with Crippen LogP contribution in [0.25, 0.3) is 11.6 Å². The Labute approximate surface area is 108 Å². The highest BCUT2D eigenvalue weighted by molar-refractivity contribution is 7.85. The van der Waals surface area contributed by atoms with E-state index >= 15 is 0 Å². The summed E-state index contributed by atoms with van der Waals surface area (Å²) in [4.78, 5) is 10.6. The molecule has 0 aromatic heterocycles. The summed E-state index contributed by atoms with van der Waals surface area (Å²) in [6, 6.07) is 7.62. The molecule has 18 heavy (non-hydrogen) atoms. The first kappa shape index (κ1) is 11.0. The third-order valence-electron chi connectivity index (χ3n) is 3.07. The number of nitro groups is 1. The Kier molecular flexibility index (Phi) is 2.24. The zero-order chi connectivity index (χ0) is 12.9. The molecule has 2 aliphatic carbocycles. The first-order valence-electron chi connectivity index (χ1n) is 5.29. The van der Waals surface area contributed by atoms with Crippen LogP contribution >= 0.6 is 12.6 Å². The standard InChI is InChI=1S/C13H8N2O2S/c14-12-10-5-7-3-1-2-4-8(7)9(10)6-11(13(12)18)15(16)17/h1-6,14,18H. The van der Waals surface area contributed by atoms with E-state index in [0.29, 0.717) is 5.57 Å². The fraction of sp³-hybridized carbons (Fsp3) is 0. The van der Waals surface area contributed by atoms with E-state index in [4.69, 9.17) is 5.41 Å². The number of hydrogen-bond acceptors (Lipinski definition) is 4. The quantitative estimate of drug-likeness (QED) is 0.461. The lowest BCUT2D eigenvalue weighted by Gasteiger charge is -2.13. The van der Waals surface area contributed by atoms with Crippen LogP contribution in [0.3, 0.4) is 0 Å². The first-order valence-corrected chi connectivity index (χ1v) is 5.74. The molecule has 3 rings (SSSR count). The summed E-state index contributed by atoms with van der Waals surface area (Å²) in [6.07, 6.45) is 3.37. The van der Waals surface area contributed by atoms with Gasteiger partial charge in [0.25, 0.3) is 5.70 Å². The van der Waals surface area contributed by atoms with Crippen molar-refractivity contribution in [2.24, 2.45) is 0 Å². The van der Waals surface area contributed by atoms with Gasteiger partial charge < -0.3 is 0 Å². The van der Waals surface area contributed by atoms with Crippen molar-refractivity contribution in [1.29, 1.82) is 5.41 Å². The van der Waals surface area contributed by atoms with Crippen molar-refractivity contribution in [1.82, 2.24) is 0 Å². The monoisotopic (exact) mass is 256 g/mol. The highest BCUT2D eigenvalue weighted by atomic mass is 32.1. The fourth-order valence-corrected chi connectivity index (χ4v) is 2.48. The zero-order valence-corrected chi connectivity index (χ0v) is 10.1. The molecule has 0 amide bonds. The second-order valence-corrected chi connectivity index (χ2v) is 4.52. The van der Waals surface area contributed by atoms with E-state index in [2.05, 4.69) is 12.6 Å². The molecule has 0 heterocycles. The van der Waals surface area contributed by atoms with Crippen molar-refractivity contribution in [3.05, 3.63) is 67.8 Å². The smallest absolute Gasteiger partial charge is 0.285 e. The number of nitrogens with zero attached hydrogens (tertiary/aromatic N) is 1. The molecule has 0 aliphatic heterocycles. The number of nitrogens with one attached hydrogen (secondary N) is 1. The molecule has 5 heteroatoms. The molecule has 0 saturated heterocycles. The maximum Gasteiger partial charge on any atom is 0.285 e. The molecule has 2 aliphatic rings. The lowest BCUT2D eigenvalue weighted by atomic mass is 9.94. The van der Waals surface area contributed by atoms with E-state index in [1.807, 2.05) is 30.3 Å². The van der Waals surface area contributed by atoms with Crippen LogP contribution in [0.4, 0.5) is 0 Å². The summed E-state index contributed by atoms with van der Waals surface area (Å²) in [5, 5.41) is 18.9. The molecule has 0 saturated carbocycles. The van der Waals surface area contributed by atoms with Crippen LogP contribution in [-0.4, -0.2) is 10.6 Å². The minimum atomic E-state index is -0.498. The molecule has 1 aromatic rings. The summed E-state index contributed by atoms with van der Waals surface area (Å²) >= 11 is 4.08. The Morgan fingerprint density at radius 2 is 1.89 bits per heavy atom. The van der Waals surface area contributed by atoms with Gasteiger partial charge in [-0.2, -0.15) is 0 Å². The van der Waals surface area contributed by atoms with Crippen LogP contribution < -0.4 is 0 Å². The number of hydrogen-bond donors (Lipinski definition) is 2. The highest BCUT2D eigenvalue weighted by Crippen LogP contribution is 2.41. The number of benzene rings is 1. The Hall–Kier alpha value is -2.14. The SMILES string of the molecule is N=C1C2=Cc3ccccc3C2=CC([N+](=O)[O-])=C1S. The van der Waals surface area contributed by atoms with Crippen LogP contribution in [-0.2, 0) is 0 Å². The second-order valence-electron chi connectivity index (χ2n) is 4.07. The minimum Gasteiger partial charge on any atom is -0.299 e. The molecule has 0 unspecified atom stereocenters. The Morgan fingerprint density at radius 1 is 1.17 bits per heavy atom. The highest BCUT2D eigenvalue weighted by Gasteiger charge is 2.32. The van der Waals surface area contributed by atoms with Crippen LogP contribution in [0.2, 0.25) is 0 Å². The second kappa shape index (κ2) is 3.68. The number of thiol groups is 1. The van der Waals surface area contributed by atoms with Gasteiger partial charge in [0.2, 0.25) is 0 Å². The lowest BCUT2D eigenvalue weighted by Crippen LogP contribution is -2.13. The van der Waals surface area contributed by atoms with Gasteiger partial charge in [-0.1, -0.05) is 24.3 Å². The fourth-order valence-electron chi connectivity index (χ4n) is 2.21. The van der Waals surface area contributed by atoms with Gasteiger partial charge in [0.05, 0.1) is 10.6 Å². The maximum atomic E-state index is 10.9. The number of allylic oxidation sites excluding steroid dienone is 4. The van der Waals surface area contributed by atoms with E-state index in [1.165, 1.54) is 6.08 Å². The van der Waals surface area contributed by atoms with Crippen LogP contribution in [0.1, 0.15) is 11.1 Å². The molecule has 88 valence electrons. The predicted molar refractivity (Wildman–Crippen MR) is 73.1 cm³/mol. The summed E-state index contributed by atoms with van der Waals surface area (Å²) in [5.74, 6) is 0. The zero-order valence-electron chi connectivity index (χ0n) is 9.18. The van der Waals surface area contributed by atoms with Crippen molar-refractivity contribution in [2.45, 2.75) is 0 Å². The largest absolute Gasteiger partial charge is 0.299 e. The van der Waals surface area contributed by atoms with Crippen molar-refractivity contribution in [3.63, 3.8) is 0 Å². The third kappa shape index (κ3) is 1.37. The topological polar surface area (TPSA) is 67.0 Å². The molecule has 0 radical (unpaired) electrons. The molecule has 0 atom stereocenters.